The minimum absolute atomic E-state index is 0.451. The molecular weight excluding hydrogens is 318 g/mol. The van der Waals surface area contributed by atoms with Crippen LogP contribution in [0.25, 0.3) is 11.4 Å². The predicted molar refractivity (Wildman–Crippen MR) is 83.8 cm³/mol. The Kier molecular flexibility index (Phi) is 3.76. The van der Waals surface area contributed by atoms with E-state index in [9.17, 15) is 0 Å². The van der Waals surface area contributed by atoms with Crippen molar-refractivity contribution in [3.63, 3.8) is 0 Å². The van der Waals surface area contributed by atoms with Crippen molar-refractivity contribution in [1.82, 2.24) is 20.5 Å². The van der Waals surface area contributed by atoms with E-state index in [1.165, 1.54) is 0 Å². The molecule has 0 saturated carbocycles. The summed E-state index contributed by atoms with van der Waals surface area (Å²) in [7, 11) is 0. The summed E-state index contributed by atoms with van der Waals surface area (Å²) in [6, 6.07) is 8.96. The third-order valence-corrected chi connectivity index (χ3v) is 3.91. The van der Waals surface area contributed by atoms with Gasteiger partial charge in [0.15, 0.2) is 5.82 Å². The molecule has 106 valence electrons. The summed E-state index contributed by atoms with van der Waals surface area (Å²) < 4.78 is 1.04. The van der Waals surface area contributed by atoms with E-state index in [0.29, 0.717) is 12.1 Å². The molecule has 20 heavy (non-hydrogen) atoms. The summed E-state index contributed by atoms with van der Waals surface area (Å²) in [5.74, 6) is 1.58. The number of benzene rings is 1. The van der Waals surface area contributed by atoms with Gasteiger partial charge in [0, 0.05) is 35.2 Å². The normalized spacial score (nSPS) is 23.1. The molecule has 2 atom stereocenters. The molecule has 6 heteroatoms. The fourth-order valence-corrected chi connectivity index (χ4v) is 3.05. The standard InChI is InChI=1S/C14H18BrN5/c1-9-7-20(8-10(2)16-9)14-17-13(18-19-14)11-4-3-5-12(15)6-11/h3-6,9-10,16H,7-8H2,1-2H3,(H,17,18,19). The molecule has 0 bridgehead atoms. The van der Waals surface area contributed by atoms with Crippen LogP contribution in [0, 0.1) is 0 Å². The van der Waals surface area contributed by atoms with Crippen LogP contribution in [0.2, 0.25) is 0 Å². The maximum Gasteiger partial charge on any atom is 0.245 e. The molecule has 1 aromatic carbocycles. The van der Waals surface area contributed by atoms with Gasteiger partial charge in [-0.15, -0.1) is 5.10 Å². The maximum absolute atomic E-state index is 4.62. The number of anilines is 1. The van der Waals surface area contributed by atoms with Crippen LogP contribution < -0.4 is 10.2 Å². The Balaban J connectivity index is 1.83. The number of aromatic nitrogens is 3. The Bertz CT molecular complexity index is 587. The number of rotatable bonds is 2. The van der Waals surface area contributed by atoms with Gasteiger partial charge in [-0.05, 0) is 26.0 Å². The molecule has 1 saturated heterocycles. The molecule has 5 nitrogen and oxygen atoms in total. The summed E-state index contributed by atoms with van der Waals surface area (Å²) in [4.78, 5) is 6.85. The molecule has 0 amide bonds. The van der Waals surface area contributed by atoms with Gasteiger partial charge >= 0.3 is 0 Å². The molecule has 0 aliphatic carbocycles. The predicted octanol–water partition coefficient (Wildman–Crippen LogP) is 2.42. The topological polar surface area (TPSA) is 56.8 Å². The van der Waals surface area contributed by atoms with Crippen LogP contribution in [0.4, 0.5) is 5.95 Å². The highest BCUT2D eigenvalue weighted by molar-refractivity contribution is 9.10. The van der Waals surface area contributed by atoms with Gasteiger partial charge < -0.3 is 10.2 Å². The van der Waals surface area contributed by atoms with Crippen molar-refractivity contribution < 1.29 is 0 Å². The molecule has 2 unspecified atom stereocenters. The SMILES string of the molecule is CC1CN(c2n[nH]c(-c3cccc(Br)c3)n2)CC(C)N1. The van der Waals surface area contributed by atoms with E-state index in [-0.39, 0.29) is 0 Å². The van der Waals surface area contributed by atoms with Crippen LogP contribution >= 0.6 is 15.9 Å². The van der Waals surface area contributed by atoms with Crippen LogP contribution in [0.3, 0.4) is 0 Å². The average molecular weight is 336 g/mol. The van der Waals surface area contributed by atoms with Crippen molar-refractivity contribution in [3.8, 4) is 11.4 Å². The summed E-state index contributed by atoms with van der Waals surface area (Å²) in [5, 5.41) is 10.9. The molecular formula is C14H18BrN5. The fourth-order valence-electron chi connectivity index (χ4n) is 2.65. The van der Waals surface area contributed by atoms with Gasteiger partial charge in [0.1, 0.15) is 0 Å². The minimum atomic E-state index is 0.451. The van der Waals surface area contributed by atoms with Crippen LogP contribution in [0.15, 0.2) is 28.7 Å². The van der Waals surface area contributed by atoms with Crippen molar-refractivity contribution in [2.24, 2.45) is 0 Å². The van der Waals surface area contributed by atoms with E-state index in [0.717, 1.165) is 34.9 Å². The first-order valence-corrected chi connectivity index (χ1v) is 7.60. The lowest BCUT2D eigenvalue weighted by molar-refractivity contribution is 0.403. The number of hydrogen-bond donors (Lipinski definition) is 2. The van der Waals surface area contributed by atoms with Gasteiger partial charge in [-0.3, -0.25) is 5.10 Å². The Labute approximate surface area is 126 Å². The smallest absolute Gasteiger partial charge is 0.245 e. The van der Waals surface area contributed by atoms with Gasteiger partial charge in [0.05, 0.1) is 0 Å². The second kappa shape index (κ2) is 5.54. The van der Waals surface area contributed by atoms with E-state index >= 15 is 0 Å². The molecule has 2 aromatic rings. The van der Waals surface area contributed by atoms with E-state index in [2.05, 4.69) is 55.2 Å². The lowest BCUT2D eigenvalue weighted by Crippen LogP contribution is -2.54. The average Bonchev–Trinajstić information content (AvgIpc) is 2.87. The molecule has 2 heterocycles. The maximum atomic E-state index is 4.62. The highest BCUT2D eigenvalue weighted by atomic mass is 79.9. The lowest BCUT2D eigenvalue weighted by Gasteiger charge is -2.35. The first kappa shape index (κ1) is 13.6. The fraction of sp³-hybridized carbons (Fsp3) is 0.429. The Hall–Kier alpha value is -1.40. The Morgan fingerprint density at radius 2 is 2.00 bits per heavy atom. The number of nitrogens with zero attached hydrogens (tertiary/aromatic N) is 3. The zero-order valence-corrected chi connectivity index (χ0v) is 13.2. The summed E-state index contributed by atoms with van der Waals surface area (Å²) in [6.07, 6.45) is 0. The number of nitrogens with one attached hydrogen (secondary N) is 2. The number of hydrogen-bond acceptors (Lipinski definition) is 4. The van der Waals surface area contributed by atoms with Gasteiger partial charge in [0.25, 0.3) is 0 Å². The third kappa shape index (κ3) is 2.86. The molecule has 3 rings (SSSR count). The van der Waals surface area contributed by atoms with Gasteiger partial charge in [-0.2, -0.15) is 4.98 Å². The van der Waals surface area contributed by atoms with E-state index in [4.69, 9.17) is 0 Å². The first-order valence-electron chi connectivity index (χ1n) is 6.81. The quantitative estimate of drug-likeness (QED) is 0.884. The van der Waals surface area contributed by atoms with Crippen molar-refractivity contribution in [1.29, 1.82) is 0 Å². The highest BCUT2D eigenvalue weighted by Gasteiger charge is 2.23. The van der Waals surface area contributed by atoms with Gasteiger partial charge in [0.2, 0.25) is 5.95 Å². The van der Waals surface area contributed by atoms with Crippen LogP contribution in [-0.2, 0) is 0 Å². The molecule has 1 aromatic heterocycles. The minimum Gasteiger partial charge on any atom is -0.336 e. The second-order valence-corrected chi connectivity index (χ2v) is 6.28. The first-order chi connectivity index (χ1) is 9.61. The zero-order valence-electron chi connectivity index (χ0n) is 11.6. The lowest BCUT2D eigenvalue weighted by atomic mass is 10.1. The van der Waals surface area contributed by atoms with Crippen molar-refractivity contribution >= 4 is 21.9 Å². The number of piperazine rings is 1. The monoisotopic (exact) mass is 335 g/mol. The van der Waals surface area contributed by atoms with Gasteiger partial charge in [-0.25, -0.2) is 0 Å². The van der Waals surface area contributed by atoms with E-state index in [1.807, 2.05) is 24.3 Å². The van der Waals surface area contributed by atoms with Crippen LogP contribution in [-0.4, -0.2) is 40.4 Å². The molecule has 1 aliphatic heterocycles. The van der Waals surface area contributed by atoms with Gasteiger partial charge in [-0.1, -0.05) is 28.1 Å². The van der Waals surface area contributed by atoms with Crippen LogP contribution in [0.1, 0.15) is 13.8 Å². The van der Waals surface area contributed by atoms with E-state index in [1.54, 1.807) is 0 Å². The zero-order chi connectivity index (χ0) is 14.1. The van der Waals surface area contributed by atoms with E-state index < -0.39 is 0 Å². The molecule has 1 fully saturated rings. The summed E-state index contributed by atoms with van der Waals surface area (Å²) in [6.45, 7) is 6.23. The molecule has 0 radical (unpaired) electrons. The third-order valence-electron chi connectivity index (χ3n) is 3.41. The second-order valence-electron chi connectivity index (χ2n) is 5.37. The van der Waals surface area contributed by atoms with Crippen molar-refractivity contribution in [2.75, 3.05) is 18.0 Å². The summed E-state index contributed by atoms with van der Waals surface area (Å²) >= 11 is 3.48. The Morgan fingerprint density at radius 1 is 1.25 bits per heavy atom. The largest absolute Gasteiger partial charge is 0.336 e. The van der Waals surface area contributed by atoms with Crippen molar-refractivity contribution in [3.05, 3.63) is 28.7 Å². The van der Waals surface area contributed by atoms with Crippen LogP contribution in [0.5, 0.6) is 0 Å². The number of halogens is 1. The number of aromatic amines is 1. The number of H-pyrrole nitrogens is 1. The molecule has 0 spiro atoms. The molecule has 1 aliphatic rings. The van der Waals surface area contributed by atoms with Crippen molar-refractivity contribution in [2.45, 2.75) is 25.9 Å². The highest BCUT2D eigenvalue weighted by Crippen LogP contribution is 2.22. The molecule has 2 N–H and O–H groups in total. The Morgan fingerprint density at radius 3 is 2.70 bits per heavy atom. The summed E-state index contributed by atoms with van der Waals surface area (Å²) in [5.41, 5.74) is 1.04.